The molecule has 0 aliphatic carbocycles. The van der Waals surface area contributed by atoms with Gasteiger partial charge in [-0.25, -0.2) is 9.78 Å². The number of nitrogens with zero attached hydrogens (tertiary/aromatic N) is 2. The Hall–Kier alpha value is -2.28. The van der Waals surface area contributed by atoms with Gasteiger partial charge in [0.1, 0.15) is 0 Å². The fourth-order valence-electron chi connectivity index (χ4n) is 1.88. The molecule has 0 aliphatic heterocycles. The maximum atomic E-state index is 11.8. The predicted molar refractivity (Wildman–Crippen MR) is 86.1 cm³/mol. The number of imidazole rings is 1. The van der Waals surface area contributed by atoms with Crippen LogP contribution in [0.1, 0.15) is 18.1 Å². The third-order valence-corrected chi connectivity index (χ3v) is 4.35. The molecule has 0 radical (unpaired) electrons. The number of amides is 3. The molecule has 1 aromatic carbocycles. The molecule has 2 rings (SSSR count). The number of hydrogen-bond acceptors (Lipinski definition) is 4. The van der Waals surface area contributed by atoms with Crippen LogP contribution in [0.25, 0.3) is 5.69 Å². The first-order valence-electron chi connectivity index (χ1n) is 6.76. The second kappa shape index (κ2) is 6.65. The van der Waals surface area contributed by atoms with Crippen LogP contribution < -0.4 is 11.1 Å². The molecule has 7 heteroatoms. The highest BCUT2D eigenvalue weighted by atomic mass is 32.2. The van der Waals surface area contributed by atoms with E-state index in [1.165, 1.54) is 22.9 Å². The molecule has 0 fully saturated rings. The normalized spacial score (nSPS) is 12.0. The van der Waals surface area contributed by atoms with Crippen LogP contribution in [0.15, 0.2) is 35.7 Å². The molecule has 1 aromatic heterocycles. The fraction of sp³-hybridized carbons (Fsp3) is 0.267. The Morgan fingerprint density at radius 2 is 2.05 bits per heavy atom. The summed E-state index contributed by atoms with van der Waals surface area (Å²) in [5.74, 6) is -0.438. The fourth-order valence-corrected chi connectivity index (χ4v) is 2.77. The van der Waals surface area contributed by atoms with E-state index in [0.717, 1.165) is 5.69 Å². The summed E-state index contributed by atoms with van der Waals surface area (Å²) in [4.78, 5) is 26.8. The number of imide groups is 1. The first-order chi connectivity index (χ1) is 10.4. The number of nitrogens with two attached hydrogens (primary N) is 1. The first-order valence-corrected chi connectivity index (χ1v) is 7.64. The molecule has 0 bridgehead atoms. The largest absolute Gasteiger partial charge is 0.351 e. The van der Waals surface area contributed by atoms with E-state index in [0.29, 0.717) is 5.16 Å². The molecule has 0 saturated heterocycles. The van der Waals surface area contributed by atoms with E-state index in [-0.39, 0.29) is 0 Å². The Balaban J connectivity index is 2.20. The van der Waals surface area contributed by atoms with Gasteiger partial charge in [0.2, 0.25) is 5.91 Å². The minimum Gasteiger partial charge on any atom is -0.351 e. The number of thioether (sulfide) groups is 1. The van der Waals surface area contributed by atoms with Crippen molar-refractivity contribution in [3.8, 4) is 5.69 Å². The van der Waals surface area contributed by atoms with Gasteiger partial charge >= 0.3 is 6.03 Å². The zero-order chi connectivity index (χ0) is 16.3. The van der Waals surface area contributed by atoms with Crippen LogP contribution in [0.4, 0.5) is 4.79 Å². The molecule has 0 spiro atoms. The Labute approximate surface area is 133 Å². The van der Waals surface area contributed by atoms with Crippen molar-refractivity contribution < 1.29 is 9.59 Å². The van der Waals surface area contributed by atoms with Gasteiger partial charge in [0.25, 0.3) is 0 Å². The average molecular weight is 318 g/mol. The molecule has 0 aliphatic rings. The number of hydrogen-bond donors (Lipinski definition) is 2. The van der Waals surface area contributed by atoms with Crippen LogP contribution in [-0.2, 0) is 4.79 Å². The van der Waals surface area contributed by atoms with Crippen molar-refractivity contribution in [1.82, 2.24) is 14.9 Å². The molecule has 3 amide bonds. The molecular formula is C15H18N4O2S. The van der Waals surface area contributed by atoms with Crippen molar-refractivity contribution in [2.75, 3.05) is 0 Å². The SMILES string of the molecule is Cc1ccc(-n2ccnc2S[C@@H](C)C(=O)NC(N)=O)cc1C. The highest BCUT2D eigenvalue weighted by Crippen LogP contribution is 2.25. The van der Waals surface area contributed by atoms with Crippen molar-refractivity contribution in [3.05, 3.63) is 41.7 Å². The lowest BCUT2D eigenvalue weighted by Gasteiger charge is -2.12. The lowest BCUT2D eigenvalue weighted by atomic mass is 10.1. The standard InChI is InChI=1S/C15H18N4O2S/c1-9-4-5-12(8-10(9)2)19-7-6-17-15(19)22-11(3)13(20)18-14(16)21/h4-8,11H,1-3H3,(H3,16,18,20,21)/t11-/m0/s1. The summed E-state index contributed by atoms with van der Waals surface area (Å²) in [5, 5.41) is 2.26. The third-order valence-electron chi connectivity index (χ3n) is 3.27. The number of nitrogens with one attached hydrogen (secondary N) is 1. The zero-order valence-corrected chi connectivity index (χ0v) is 13.5. The van der Waals surface area contributed by atoms with Crippen LogP contribution in [-0.4, -0.2) is 26.7 Å². The summed E-state index contributed by atoms with van der Waals surface area (Å²) in [6.07, 6.45) is 3.52. The summed E-state index contributed by atoms with van der Waals surface area (Å²) in [7, 11) is 0. The Bertz CT molecular complexity index is 711. The average Bonchev–Trinajstić information content (AvgIpc) is 2.89. The maximum Gasteiger partial charge on any atom is 0.318 e. The number of aromatic nitrogens is 2. The molecule has 6 nitrogen and oxygen atoms in total. The number of rotatable bonds is 4. The van der Waals surface area contributed by atoms with Gasteiger partial charge in [0.05, 0.1) is 5.25 Å². The number of aryl methyl sites for hydroxylation is 2. The van der Waals surface area contributed by atoms with Gasteiger partial charge in [-0.3, -0.25) is 14.7 Å². The number of carbonyl (C=O) groups is 2. The van der Waals surface area contributed by atoms with Gasteiger partial charge in [0.15, 0.2) is 5.16 Å². The van der Waals surface area contributed by atoms with Crippen molar-refractivity contribution in [2.45, 2.75) is 31.2 Å². The smallest absolute Gasteiger partial charge is 0.318 e. The van der Waals surface area contributed by atoms with Crippen LogP contribution >= 0.6 is 11.8 Å². The molecule has 22 heavy (non-hydrogen) atoms. The number of urea groups is 1. The van der Waals surface area contributed by atoms with E-state index >= 15 is 0 Å². The second-order valence-corrected chi connectivity index (χ2v) is 6.27. The van der Waals surface area contributed by atoms with Crippen LogP contribution in [0, 0.1) is 13.8 Å². The van der Waals surface area contributed by atoms with Crippen molar-refractivity contribution in [1.29, 1.82) is 0 Å². The number of primary amides is 1. The molecule has 1 heterocycles. The van der Waals surface area contributed by atoms with E-state index in [2.05, 4.69) is 23.3 Å². The predicted octanol–water partition coefficient (Wildman–Crippen LogP) is 2.16. The molecule has 2 aromatic rings. The van der Waals surface area contributed by atoms with Crippen molar-refractivity contribution in [2.24, 2.45) is 5.73 Å². The quantitative estimate of drug-likeness (QED) is 0.845. The lowest BCUT2D eigenvalue weighted by Crippen LogP contribution is -2.39. The zero-order valence-electron chi connectivity index (χ0n) is 12.7. The highest BCUT2D eigenvalue weighted by Gasteiger charge is 2.18. The minimum absolute atomic E-state index is 0.438. The molecule has 116 valence electrons. The first kappa shape index (κ1) is 16.1. The molecular weight excluding hydrogens is 300 g/mol. The van der Waals surface area contributed by atoms with E-state index in [1.807, 2.05) is 29.8 Å². The van der Waals surface area contributed by atoms with E-state index in [9.17, 15) is 9.59 Å². The van der Waals surface area contributed by atoms with Gasteiger partial charge in [0, 0.05) is 18.1 Å². The molecule has 3 N–H and O–H groups in total. The summed E-state index contributed by atoms with van der Waals surface area (Å²) in [6.45, 7) is 5.80. The number of benzene rings is 1. The van der Waals surface area contributed by atoms with Gasteiger partial charge in [-0.15, -0.1) is 0 Å². The molecule has 1 atom stereocenters. The number of carbonyl (C=O) groups excluding carboxylic acids is 2. The van der Waals surface area contributed by atoms with E-state index in [1.54, 1.807) is 13.1 Å². The van der Waals surface area contributed by atoms with Gasteiger partial charge in [-0.05, 0) is 44.0 Å². The van der Waals surface area contributed by atoms with Crippen molar-refractivity contribution >= 4 is 23.7 Å². The summed E-state index contributed by atoms with van der Waals surface area (Å²) >= 11 is 1.26. The topological polar surface area (TPSA) is 90.0 Å². The van der Waals surface area contributed by atoms with Crippen LogP contribution in [0.2, 0.25) is 0 Å². The van der Waals surface area contributed by atoms with Crippen LogP contribution in [0.3, 0.4) is 0 Å². The van der Waals surface area contributed by atoms with Crippen LogP contribution in [0.5, 0.6) is 0 Å². The highest BCUT2D eigenvalue weighted by molar-refractivity contribution is 8.00. The monoisotopic (exact) mass is 318 g/mol. The third kappa shape index (κ3) is 3.67. The minimum atomic E-state index is -0.852. The summed E-state index contributed by atoms with van der Waals surface area (Å²) in [6, 6.07) is 5.26. The van der Waals surface area contributed by atoms with Crippen molar-refractivity contribution in [3.63, 3.8) is 0 Å². The molecule has 0 saturated carbocycles. The lowest BCUT2D eigenvalue weighted by molar-refractivity contribution is -0.119. The maximum absolute atomic E-state index is 11.8. The summed E-state index contributed by atoms with van der Waals surface area (Å²) < 4.78 is 1.91. The van der Waals surface area contributed by atoms with Gasteiger partial charge < -0.3 is 5.73 Å². The van der Waals surface area contributed by atoms with E-state index < -0.39 is 17.2 Å². The van der Waals surface area contributed by atoms with Gasteiger partial charge in [-0.2, -0.15) is 0 Å². The van der Waals surface area contributed by atoms with Gasteiger partial charge in [-0.1, -0.05) is 17.8 Å². The Kier molecular flexibility index (Phi) is 4.87. The Morgan fingerprint density at radius 3 is 2.68 bits per heavy atom. The van der Waals surface area contributed by atoms with E-state index in [4.69, 9.17) is 5.73 Å². The second-order valence-electron chi connectivity index (χ2n) is 4.96. The molecule has 0 unspecified atom stereocenters. The Morgan fingerprint density at radius 1 is 1.32 bits per heavy atom. The summed E-state index contributed by atoms with van der Waals surface area (Å²) in [5.41, 5.74) is 8.33.